The Morgan fingerprint density at radius 3 is 2.80 bits per heavy atom. The van der Waals surface area contributed by atoms with Gasteiger partial charge in [0, 0.05) is 6.42 Å². The third-order valence-electron chi connectivity index (χ3n) is 2.84. The second-order valence-corrected chi connectivity index (χ2v) is 4.03. The van der Waals surface area contributed by atoms with Crippen molar-refractivity contribution in [1.29, 1.82) is 0 Å². The highest BCUT2D eigenvalue weighted by Crippen LogP contribution is 2.15. The smallest absolute Gasteiger partial charge is 0.197 e. The monoisotopic (exact) mass is 207 g/mol. The molecule has 0 bridgehead atoms. The molecule has 1 aromatic rings. The van der Waals surface area contributed by atoms with Gasteiger partial charge in [0.15, 0.2) is 11.5 Å². The van der Waals surface area contributed by atoms with Crippen molar-refractivity contribution in [2.45, 2.75) is 32.7 Å². The first-order valence-electron chi connectivity index (χ1n) is 5.64. The van der Waals surface area contributed by atoms with E-state index in [0.29, 0.717) is 12.2 Å². The molecule has 0 radical (unpaired) electrons. The summed E-state index contributed by atoms with van der Waals surface area (Å²) in [5.41, 5.74) is 0. The Balaban J connectivity index is 1.97. The number of furan rings is 1. The van der Waals surface area contributed by atoms with Gasteiger partial charge in [0.05, 0.1) is 6.54 Å². The molecule has 0 aliphatic carbocycles. The highest BCUT2D eigenvalue weighted by Gasteiger charge is 2.15. The summed E-state index contributed by atoms with van der Waals surface area (Å²) >= 11 is 0. The highest BCUT2D eigenvalue weighted by atomic mass is 16.3. The number of carbonyl (C=O) groups excluding carboxylic acids is 1. The van der Waals surface area contributed by atoms with Gasteiger partial charge >= 0.3 is 0 Å². The van der Waals surface area contributed by atoms with Gasteiger partial charge in [0.2, 0.25) is 0 Å². The summed E-state index contributed by atoms with van der Waals surface area (Å²) in [6, 6.07) is 3.71. The van der Waals surface area contributed by atoms with Crippen LogP contribution < -0.4 is 0 Å². The van der Waals surface area contributed by atoms with Crippen LogP contribution in [0.2, 0.25) is 0 Å². The van der Waals surface area contributed by atoms with Crippen LogP contribution in [-0.4, -0.2) is 23.8 Å². The second-order valence-electron chi connectivity index (χ2n) is 4.03. The van der Waals surface area contributed by atoms with E-state index in [-0.39, 0.29) is 5.78 Å². The van der Waals surface area contributed by atoms with E-state index in [4.69, 9.17) is 4.42 Å². The van der Waals surface area contributed by atoms with Crippen LogP contribution in [0.15, 0.2) is 16.5 Å². The molecule has 0 N–H and O–H groups in total. The normalized spacial score (nSPS) is 17.1. The number of hydrogen-bond donors (Lipinski definition) is 0. The van der Waals surface area contributed by atoms with E-state index in [1.807, 2.05) is 13.0 Å². The van der Waals surface area contributed by atoms with Crippen LogP contribution >= 0.6 is 0 Å². The number of hydrogen-bond acceptors (Lipinski definition) is 3. The molecule has 2 heterocycles. The molecule has 1 aromatic heterocycles. The summed E-state index contributed by atoms with van der Waals surface area (Å²) in [6.07, 6.45) is 3.07. The fourth-order valence-corrected chi connectivity index (χ4v) is 1.95. The predicted molar refractivity (Wildman–Crippen MR) is 57.8 cm³/mol. The van der Waals surface area contributed by atoms with Gasteiger partial charge in [-0.15, -0.1) is 0 Å². The molecule has 0 aromatic carbocycles. The van der Waals surface area contributed by atoms with Crippen molar-refractivity contribution in [1.82, 2.24) is 4.90 Å². The van der Waals surface area contributed by atoms with E-state index in [9.17, 15) is 4.79 Å². The van der Waals surface area contributed by atoms with Gasteiger partial charge in [-0.2, -0.15) is 0 Å². The largest absolute Gasteiger partial charge is 0.457 e. The Hall–Kier alpha value is -1.09. The lowest BCUT2D eigenvalue weighted by molar-refractivity contribution is 0.0958. The third kappa shape index (κ3) is 2.48. The standard InChI is InChI=1S/C12H17NO2/c1-2-11(14)12-6-5-10(15-12)9-13-7-3-4-8-13/h5-6H,2-4,7-9H2,1H3. The number of nitrogens with zero attached hydrogens (tertiary/aromatic N) is 1. The van der Waals surface area contributed by atoms with E-state index in [2.05, 4.69) is 4.90 Å². The van der Waals surface area contributed by atoms with Crippen molar-refractivity contribution >= 4 is 5.78 Å². The summed E-state index contributed by atoms with van der Waals surface area (Å²) in [5.74, 6) is 1.50. The maximum atomic E-state index is 11.4. The van der Waals surface area contributed by atoms with E-state index < -0.39 is 0 Å². The summed E-state index contributed by atoms with van der Waals surface area (Å²) in [6.45, 7) is 5.00. The highest BCUT2D eigenvalue weighted by molar-refractivity contribution is 5.93. The topological polar surface area (TPSA) is 33.5 Å². The zero-order valence-electron chi connectivity index (χ0n) is 9.16. The predicted octanol–water partition coefficient (Wildman–Crippen LogP) is 2.47. The molecule has 1 aliphatic heterocycles. The summed E-state index contributed by atoms with van der Waals surface area (Å²) in [4.78, 5) is 13.7. The lowest BCUT2D eigenvalue weighted by Crippen LogP contribution is -2.17. The summed E-state index contributed by atoms with van der Waals surface area (Å²) < 4.78 is 5.51. The van der Waals surface area contributed by atoms with Gasteiger partial charge < -0.3 is 4.42 Å². The molecule has 0 spiro atoms. The Labute approximate surface area is 90.1 Å². The maximum Gasteiger partial charge on any atom is 0.197 e. The van der Waals surface area contributed by atoms with Crippen LogP contribution in [0.25, 0.3) is 0 Å². The molecular weight excluding hydrogens is 190 g/mol. The molecule has 15 heavy (non-hydrogen) atoms. The van der Waals surface area contributed by atoms with Crippen molar-refractivity contribution in [2.75, 3.05) is 13.1 Å². The Bertz CT molecular complexity index is 337. The minimum atomic E-state index is 0.0858. The van der Waals surface area contributed by atoms with Crippen LogP contribution in [0.4, 0.5) is 0 Å². The Kier molecular flexibility index (Phi) is 3.21. The van der Waals surface area contributed by atoms with E-state index in [1.165, 1.54) is 12.8 Å². The molecule has 2 rings (SSSR count). The zero-order valence-corrected chi connectivity index (χ0v) is 9.16. The van der Waals surface area contributed by atoms with Crippen molar-refractivity contribution in [3.05, 3.63) is 23.7 Å². The molecular formula is C12H17NO2. The number of ketones is 1. The molecule has 0 saturated carbocycles. The van der Waals surface area contributed by atoms with E-state index >= 15 is 0 Å². The Morgan fingerprint density at radius 1 is 1.40 bits per heavy atom. The first kappa shape index (κ1) is 10.4. The van der Waals surface area contributed by atoms with Crippen LogP contribution in [-0.2, 0) is 6.54 Å². The lowest BCUT2D eigenvalue weighted by atomic mass is 10.2. The number of carbonyl (C=O) groups is 1. The molecule has 0 atom stereocenters. The van der Waals surface area contributed by atoms with Crippen molar-refractivity contribution in [2.24, 2.45) is 0 Å². The van der Waals surface area contributed by atoms with Crippen molar-refractivity contribution in [3.63, 3.8) is 0 Å². The van der Waals surface area contributed by atoms with Crippen molar-refractivity contribution in [3.8, 4) is 0 Å². The van der Waals surface area contributed by atoms with Crippen LogP contribution in [0.1, 0.15) is 42.5 Å². The van der Waals surface area contributed by atoms with Crippen molar-refractivity contribution < 1.29 is 9.21 Å². The Morgan fingerprint density at radius 2 is 2.13 bits per heavy atom. The summed E-state index contributed by atoms with van der Waals surface area (Å²) in [5, 5.41) is 0. The average molecular weight is 207 g/mol. The van der Waals surface area contributed by atoms with Gasteiger partial charge in [-0.25, -0.2) is 0 Å². The number of likely N-dealkylation sites (tertiary alicyclic amines) is 1. The molecule has 82 valence electrons. The van der Waals surface area contributed by atoms with Gasteiger partial charge in [-0.05, 0) is 38.1 Å². The molecule has 3 nitrogen and oxygen atoms in total. The van der Waals surface area contributed by atoms with Gasteiger partial charge in [0.1, 0.15) is 5.76 Å². The molecule has 1 aliphatic rings. The zero-order chi connectivity index (χ0) is 10.7. The number of Topliss-reactive ketones (excluding diaryl/α,β-unsaturated/α-hetero) is 1. The first-order valence-corrected chi connectivity index (χ1v) is 5.64. The second kappa shape index (κ2) is 4.62. The minimum Gasteiger partial charge on any atom is -0.457 e. The summed E-state index contributed by atoms with van der Waals surface area (Å²) in [7, 11) is 0. The average Bonchev–Trinajstić information content (AvgIpc) is 2.88. The SMILES string of the molecule is CCC(=O)c1ccc(CN2CCCC2)o1. The first-order chi connectivity index (χ1) is 7.29. The van der Waals surface area contributed by atoms with Crippen LogP contribution in [0.5, 0.6) is 0 Å². The van der Waals surface area contributed by atoms with Gasteiger partial charge in [0.25, 0.3) is 0 Å². The van der Waals surface area contributed by atoms with Gasteiger partial charge in [-0.1, -0.05) is 6.92 Å². The minimum absolute atomic E-state index is 0.0858. The molecule has 1 saturated heterocycles. The van der Waals surface area contributed by atoms with Crippen LogP contribution in [0.3, 0.4) is 0 Å². The molecule has 3 heteroatoms. The number of rotatable bonds is 4. The van der Waals surface area contributed by atoms with Crippen LogP contribution in [0, 0.1) is 0 Å². The lowest BCUT2D eigenvalue weighted by Gasteiger charge is -2.11. The maximum absolute atomic E-state index is 11.4. The quantitative estimate of drug-likeness (QED) is 0.711. The fourth-order valence-electron chi connectivity index (χ4n) is 1.95. The van der Waals surface area contributed by atoms with Gasteiger partial charge in [-0.3, -0.25) is 9.69 Å². The fraction of sp³-hybridized carbons (Fsp3) is 0.583. The molecule has 0 amide bonds. The third-order valence-corrected chi connectivity index (χ3v) is 2.84. The van der Waals surface area contributed by atoms with E-state index in [0.717, 1.165) is 25.4 Å². The molecule has 1 fully saturated rings. The van der Waals surface area contributed by atoms with E-state index in [1.54, 1.807) is 6.07 Å². The molecule has 0 unspecified atom stereocenters.